The highest BCUT2D eigenvalue weighted by atomic mass is 19.3. The van der Waals surface area contributed by atoms with E-state index in [0.717, 1.165) is 11.1 Å². The molecule has 0 radical (unpaired) electrons. The Labute approximate surface area is 154 Å². The quantitative estimate of drug-likeness (QED) is 0.762. The van der Waals surface area contributed by atoms with E-state index in [4.69, 9.17) is 0 Å². The van der Waals surface area contributed by atoms with Crippen LogP contribution in [0.4, 0.5) is 8.78 Å². The lowest BCUT2D eigenvalue weighted by molar-refractivity contribution is 0.0786. The zero-order valence-corrected chi connectivity index (χ0v) is 14.9. The van der Waals surface area contributed by atoms with Crippen molar-refractivity contribution in [2.45, 2.75) is 38.2 Å². The van der Waals surface area contributed by atoms with Crippen molar-refractivity contribution in [2.75, 3.05) is 0 Å². The van der Waals surface area contributed by atoms with E-state index in [1.165, 1.54) is 0 Å². The Morgan fingerprint density at radius 1 is 1.26 bits per heavy atom. The minimum absolute atomic E-state index is 0.126. The Hall–Kier alpha value is -2.85. The van der Waals surface area contributed by atoms with Crippen LogP contribution < -0.4 is 0 Å². The smallest absolute Gasteiger partial charge is 0.252 e. The summed E-state index contributed by atoms with van der Waals surface area (Å²) in [6.07, 6.45) is 1.72. The number of nitriles is 1. The van der Waals surface area contributed by atoms with Gasteiger partial charge in [-0.1, -0.05) is 24.3 Å². The Bertz CT molecular complexity index is 1060. The standard InChI is InChI=1S/C20H18F2N4O/c1-19(2,27)13-5-3-12(4-6-13)15-7-8-26-17(9-14-10-20(14,21)22)24-25-18(26)16(15)11-23/h3-8,14,27H,9-10H2,1-2H3. The van der Waals surface area contributed by atoms with Crippen molar-refractivity contribution >= 4 is 5.65 Å². The van der Waals surface area contributed by atoms with Gasteiger partial charge in [-0.25, -0.2) is 8.78 Å². The molecule has 2 aromatic heterocycles. The average molecular weight is 368 g/mol. The monoisotopic (exact) mass is 368 g/mol. The lowest BCUT2D eigenvalue weighted by atomic mass is 9.94. The van der Waals surface area contributed by atoms with Gasteiger partial charge < -0.3 is 5.11 Å². The summed E-state index contributed by atoms with van der Waals surface area (Å²) in [6.45, 7) is 3.41. The Kier molecular flexibility index (Phi) is 3.79. The number of aromatic nitrogens is 3. The maximum Gasteiger partial charge on any atom is 0.252 e. The molecule has 1 unspecified atom stereocenters. The average Bonchev–Trinajstić information content (AvgIpc) is 3.02. The molecule has 1 saturated carbocycles. The van der Waals surface area contributed by atoms with E-state index in [1.54, 1.807) is 30.5 Å². The normalized spacial score (nSPS) is 18.4. The summed E-state index contributed by atoms with van der Waals surface area (Å²) in [6, 6.07) is 11.2. The predicted molar refractivity (Wildman–Crippen MR) is 95.1 cm³/mol. The Balaban J connectivity index is 1.73. The molecular weight excluding hydrogens is 350 g/mol. The van der Waals surface area contributed by atoms with Crippen molar-refractivity contribution in [3.05, 3.63) is 53.5 Å². The maximum absolute atomic E-state index is 13.2. The second-order valence-electron chi connectivity index (χ2n) is 7.53. The van der Waals surface area contributed by atoms with Gasteiger partial charge in [0.05, 0.1) is 5.60 Å². The Morgan fingerprint density at radius 3 is 2.48 bits per heavy atom. The molecule has 1 fully saturated rings. The molecule has 0 amide bonds. The van der Waals surface area contributed by atoms with E-state index in [1.807, 2.05) is 24.3 Å². The van der Waals surface area contributed by atoms with Crippen LogP contribution in [-0.2, 0) is 12.0 Å². The first kappa shape index (κ1) is 17.6. The summed E-state index contributed by atoms with van der Waals surface area (Å²) in [4.78, 5) is 0. The van der Waals surface area contributed by atoms with Gasteiger partial charge >= 0.3 is 0 Å². The van der Waals surface area contributed by atoms with Gasteiger partial charge in [0.25, 0.3) is 5.92 Å². The van der Waals surface area contributed by atoms with E-state index in [2.05, 4.69) is 16.3 Å². The van der Waals surface area contributed by atoms with Gasteiger partial charge in [-0.15, -0.1) is 10.2 Å². The van der Waals surface area contributed by atoms with Crippen molar-refractivity contribution in [3.8, 4) is 17.2 Å². The first-order valence-electron chi connectivity index (χ1n) is 8.68. The van der Waals surface area contributed by atoms with Gasteiger partial charge in [0.15, 0.2) is 5.65 Å². The van der Waals surface area contributed by atoms with Crippen LogP contribution in [0.2, 0.25) is 0 Å². The highest BCUT2D eigenvalue weighted by Crippen LogP contribution is 2.50. The zero-order valence-electron chi connectivity index (χ0n) is 14.9. The van der Waals surface area contributed by atoms with Crippen LogP contribution in [0, 0.1) is 17.2 Å². The first-order chi connectivity index (χ1) is 12.7. The lowest BCUT2D eigenvalue weighted by Gasteiger charge is -2.18. The fourth-order valence-corrected chi connectivity index (χ4v) is 3.26. The molecular formula is C20H18F2N4O. The molecule has 3 aromatic rings. The van der Waals surface area contributed by atoms with Crippen LogP contribution in [0.25, 0.3) is 16.8 Å². The van der Waals surface area contributed by atoms with Gasteiger partial charge in [-0.3, -0.25) is 4.40 Å². The minimum Gasteiger partial charge on any atom is -0.386 e. The third-order valence-corrected chi connectivity index (χ3v) is 5.05. The predicted octanol–water partition coefficient (Wildman–Crippen LogP) is 3.69. The van der Waals surface area contributed by atoms with E-state index in [9.17, 15) is 19.1 Å². The van der Waals surface area contributed by atoms with Crippen LogP contribution in [-0.4, -0.2) is 25.6 Å². The molecule has 1 aliphatic carbocycles. The zero-order chi connectivity index (χ0) is 19.4. The second-order valence-corrected chi connectivity index (χ2v) is 7.53. The highest BCUT2D eigenvalue weighted by Gasteiger charge is 2.56. The van der Waals surface area contributed by atoms with Gasteiger partial charge in [0.1, 0.15) is 17.5 Å². The lowest BCUT2D eigenvalue weighted by Crippen LogP contribution is -2.14. The van der Waals surface area contributed by atoms with Gasteiger partial charge in [0, 0.05) is 30.5 Å². The number of fused-ring (bicyclic) bond motifs is 1. The number of aliphatic hydroxyl groups is 1. The highest BCUT2D eigenvalue weighted by molar-refractivity contribution is 5.77. The molecule has 0 saturated heterocycles. The van der Waals surface area contributed by atoms with Crippen LogP contribution in [0.3, 0.4) is 0 Å². The Morgan fingerprint density at radius 2 is 1.93 bits per heavy atom. The van der Waals surface area contributed by atoms with Crippen LogP contribution in [0.15, 0.2) is 36.5 Å². The van der Waals surface area contributed by atoms with E-state index in [-0.39, 0.29) is 12.8 Å². The molecule has 5 nitrogen and oxygen atoms in total. The van der Waals surface area contributed by atoms with Crippen molar-refractivity contribution in [2.24, 2.45) is 5.92 Å². The molecule has 0 spiro atoms. The number of hydrogen-bond acceptors (Lipinski definition) is 4. The summed E-state index contributed by atoms with van der Waals surface area (Å²) < 4.78 is 28.0. The molecule has 27 heavy (non-hydrogen) atoms. The third-order valence-electron chi connectivity index (χ3n) is 5.05. The van der Waals surface area contributed by atoms with Crippen molar-refractivity contribution in [1.29, 1.82) is 5.26 Å². The summed E-state index contributed by atoms with van der Waals surface area (Å²) in [5, 5.41) is 27.8. The first-order valence-corrected chi connectivity index (χ1v) is 8.68. The van der Waals surface area contributed by atoms with E-state index >= 15 is 0 Å². The summed E-state index contributed by atoms with van der Waals surface area (Å²) in [5.41, 5.74) is 2.01. The molecule has 0 bridgehead atoms. The van der Waals surface area contributed by atoms with Gasteiger partial charge in [-0.2, -0.15) is 5.26 Å². The van der Waals surface area contributed by atoms with Crippen LogP contribution >= 0.6 is 0 Å². The second kappa shape index (κ2) is 5.83. The van der Waals surface area contributed by atoms with Crippen molar-refractivity contribution in [3.63, 3.8) is 0 Å². The molecule has 1 N–H and O–H groups in total. The summed E-state index contributed by atoms with van der Waals surface area (Å²) in [5.74, 6) is -2.89. The summed E-state index contributed by atoms with van der Waals surface area (Å²) >= 11 is 0. The van der Waals surface area contributed by atoms with Crippen molar-refractivity contribution in [1.82, 2.24) is 14.6 Å². The number of pyridine rings is 1. The fourth-order valence-electron chi connectivity index (χ4n) is 3.26. The molecule has 1 atom stereocenters. The van der Waals surface area contributed by atoms with Crippen LogP contribution in [0.5, 0.6) is 0 Å². The van der Waals surface area contributed by atoms with Gasteiger partial charge in [0.2, 0.25) is 0 Å². The number of alkyl halides is 2. The SMILES string of the molecule is CC(C)(O)c1ccc(-c2ccn3c(CC4CC4(F)F)nnc3c2C#N)cc1. The minimum atomic E-state index is -2.62. The molecule has 1 aliphatic rings. The van der Waals surface area contributed by atoms with Crippen molar-refractivity contribution < 1.29 is 13.9 Å². The van der Waals surface area contributed by atoms with E-state index in [0.29, 0.717) is 22.6 Å². The van der Waals surface area contributed by atoms with Crippen LogP contribution in [0.1, 0.15) is 37.2 Å². The largest absolute Gasteiger partial charge is 0.386 e. The summed E-state index contributed by atoms with van der Waals surface area (Å²) in [7, 11) is 0. The molecule has 2 heterocycles. The van der Waals surface area contributed by atoms with E-state index < -0.39 is 17.4 Å². The topological polar surface area (TPSA) is 74.2 Å². The number of benzene rings is 1. The number of hydrogen-bond donors (Lipinski definition) is 1. The maximum atomic E-state index is 13.2. The molecule has 0 aliphatic heterocycles. The molecule has 7 heteroatoms. The number of halogens is 2. The molecule has 1 aromatic carbocycles. The number of nitrogens with zero attached hydrogens (tertiary/aromatic N) is 4. The third kappa shape index (κ3) is 3.06. The fraction of sp³-hybridized carbons (Fsp3) is 0.350. The van der Waals surface area contributed by atoms with Gasteiger partial charge in [-0.05, 0) is 31.0 Å². The molecule has 138 valence electrons. The number of rotatable bonds is 4. The molecule has 4 rings (SSSR count).